The predicted molar refractivity (Wildman–Crippen MR) is 96.2 cm³/mol. The number of hydrogen-bond acceptors (Lipinski definition) is 3. The number of carboxylic acids is 1. The largest absolute Gasteiger partial charge is 0.504 e. The summed E-state index contributed by atoms with van der Waals surface area (Å²) in [6.07, 6.45) is 4.84. The van der Waals surface area contributed by atoms with Crippen LogP contribution in [0.4, 0.5) is 0 Å². The zero-order chi connectivity index (χ0) is 17.7. The van der Waals surface area contributed by atoms with E-state index in [0.29, 0.717) is 11.3 Å². The van der Waals surface area contributed by atoms with Crippen molar-refractivity contribution >= 4 is 12.0 Å². The number of hydrogen-bond donors (Lipinski definition) is 1. The minimum Gasteiger partial charge on any atom is -0.504 e. The monoisotopic (exact) mass is 325 g/mol. The van der Waals surface area contributed by atoms with Gasteiger partial charge in [-0.2, -0.15) is 0 Å². The lowest BCUT2D eigenvalue weighted by Crippen LogP contribution is -2.07. The van der Waals surface area contributed by atoms with Crippen molar-refractivity contribution in [2.45, 2.75) is 33.6 Å². The Morgan fingerprint density at radius 3 is 2.38 bits per heavy atom. The predicted octanol–water partition coefficient (Wildman–Crippen LogP) is 4.50. The van der Waals surface area contributed by atoms with Crippen LogP contribution in [-0.4, -0.2) is 23.2 Å². The normalized spacial score (nSPS) is 11.0. The third-order valence-electron chi connectivity index (χ3n) is 4.08. The number of benzene rings is 1. The molecule has 1 heterocycles. The van der Waals surface area contributed by atoms with E-state index in [1.54, 1.807) is 13.0 Å². The van der Waals surface area contributed by atoms with E-state index in [1.807, 2.05) is 6.07 Å². The van der Waals surface area contributed by atoms with Crippen LogP contribution in [0.1, 0.15) is 46.6 Å². The molecule has 0 saturated carbocycles. The van der Waals surface area contributed by atoms with E-state index in [4.69, 9.17) is 4.74 Å². The molecule has 126 valence electrons. The molecule has 0 amide bonds. The van der Waals surface area contributed by atoms with Gasteiger partial charge in [0.15, 0.2) is 0 Å². The Hall–Kier alpha value is -2.62. The Kier molecular flexibility index (Phi) is 5.74. The van der Waals surface area contributed by atoms with E-state index in [2.05, 4.69) is 37.0 Å². The summed E-state index contributed by atoms with van der Waals surface area (Å²) in [4.78, 5) is 16.2. The Morgan fingerprint density at radius 2 is 1.88 bits per heavy atom. The highest BCUT2D eigenvalue weighted by atomic mass is 16.5. The van der Waals surface area contributed by atoms with Gasteiger partial charge in [-0.15, -0.1) is 0 Å². The molecule has 0 atom stereocenters. The minimum absolute atomic E-state index is 0.207. The number of nitrogens with zero attached hydrogens (tertiary/aromatic N) is 1. The van der Waals surface area contributed by atoms with Crippen LogP contribution in [-0.2, 0) is 17.6 Å². The summed E-state index contributed by atoms with van der Waals surface area (Å²) in [7, 11) is 1.52. The highest BCUT2D eigenvalue weighted by Crippen LogP contribution is 2.30. The van der Waals surface area contributed by atoms with E-state index < -0.39 is 5.97 Å². The summed E-state index contributed by atoms with van der Waals surface area (Å²) in [6, 6.07) is 8.12. The second-order valence-electron chi connectivity index (χ2n) is 5.59. The molecule has 0 bridgehead atoms. The number of aromatic carboxylic acids is 1. The summed E-state index contributed by atoms with van der Waals surface area (Å²) < 4.78 is 4.94. The molecule has 4 nitrogen and oxygen atoms in total. The maximum atomic E-state index is 11.6. The summed E-state index contributed by atoms with van der Waals surface area (Å²) in [5.74, 6) is -0.984. The Labute approximate surface area is 142 Å². The first-order chi connectivity index (χ1) is 11.5. The van der Waals surface area contributed by atoms with Crippen molar-refractivity contribution in [1.29, 1.82) is 0 Å². The van der Waals surface area contributed by atoms with Crippen LogP contribution >= 0.6 is 0 Å². The van der Waals surface area contributed by atoms with E-state index in [1.165, 1.54) is 24.5 Å². The number of pyridine rings is 1. The lowest BCUT2D eigenvalue weighted by molar-refractivity contribution is 0.0695. The number of aryl methyl sites for hydroxylation is 3. The Balaban J connectivity index is 2.75. The molecular weight excluding hydrogens is 302 g/mol. The summed E-state index contributed by atoms with van der Waals surface area (Å²) in [5, 5.41) is 9.49. The average Bonchev–Trinajstić information content (AvgIpc) is 2.58. The first kappa shape index (κ1) is 17.7. The van der Waals surface area contributed by atoms with Crippen molar-refractivity contribution in [3.63, 3.8) is 0 Å². The first-order valence-corrected chi connectivity index (χ1v) is 8.08. The lowest BCUT2D eigenvalue weighted by Gasteiger charge is -2.15. The maximum Gasteiger partial charge on any atom is 0.338 e. The Morgan fingerprint density at radius 1 is 1.25 bits per heavy atom. The highest BCUT2D eigenvalue weighted by molar-refractivity contribution is 5.93. The van der Waals surface area contributed by atoms with Gasteiger partial charge in [-0.05, 0) is 48.6 Å². The molecule has 0 aliphatic heterocycles. The van der Waals surface area contributed by atoms with E-state index in [0.717, 1.165) is 24.1 Å². The van der Waals surface area contributed by atoms with Crippen molar-refractivity contribution < 1.29 is 14.6 Å². The number of aromatic nitrogens is 1. The molecule has 0 fully saturated rings. The quantitative estimate of drug-likeness (QED) is 0.795. The van der Waals surface area contributed by atoms with Gasteiger partial charge in [0.25, 0.3) is 0 Å². The van der Waals surface area contributed by atoms with Gasteiger partial charge in [-0.3, -0.25) is 0 Å². The molecule has 0 saturated heterocycles. The lowest BCUT2D eigenvalue weighted by atomic mass is 9.93. The molecule has 0 radical (unpaired) electrons. The fourth-order valence-corrected chi connectivity index (χ4v) is 2.93. The second kappa shape index (κ2) is 7.77. The molecule has 0 aliphatic rings. The molecule has 1 N–H and O–H groups in total. The molecule has 24 heavy (non-hydrogen) atoms. The van der Waals surface area contributed by atoms with Crippen molar-refractivity contribution in [3.8, 4) is 11.3 Å². The molecule has 0 spiro atoms. The van der Waals surface area contributed by atoms with E-state index in [-0.39, 0.29) is 5.56 Å². The van der Waals surface area contributed by atoms with Crippen molar-refractivity contribution in [2.75, 3.05) is 7.11 Å². The number of carboxylic acid groups (broad SMARTS) is 1. The summed E-state index contributed by atoms with van der Waals surface area (Å²) >= 11 is 0. The van der Waals surface area contributed by atoms with Crippen LogP contribution in [0.2, 0.25) is 0 Å². The third-order valence-corrected chi connectivity index (χ3v) is 4.08. The topological polar surface area (TPSA) is 59.4 Å². The van der Waals surface area contributed by atoms with Gasteiger partial charge >= 0.3 is 5.97 Å². The fourth-order valence-electron chi connectivity index (χ4n) is 2.93. The minimum atomic E-state index is -0.984. The first-order valence-electron chi connectivity index (χ1n) is 8.08. The van der Waals surface area contributed by atoms with E-state index >= 15 is 0 Å². The summed E-state index contributed by atoms with van der Waals surface area (Å²) in [5.41, 5.74) is 5.65. The molecule has 0 unspecified atom stereocenters. The zero-order valence-corrected chi connectivity index (χ0v) is 14.6. The van der Waals surface area contributed by atoms with Crippen molar-refractivity contribution in [3.05, 3.63) is 58.5 Å². The molecule has 0 aliphatic carbocycles. The van der Waals surface area contributed by atoms with E-state index in [9.17, 15) is 9.90 Å². The average molecular weight is 325 g/mol. The number of rotatable bonds is 6. The van der Waals surface area contributed by atoms with Gasteiger partial charge in [0, 0.05) is 5.56 Å². The molecule has 4 heteroatoms. The van der Waals surface area contributed by atoms with Gasteiger partial charge in [0.1, 0.15) is 0 Å². The number of carbonyl (C=O) groups is 1. The van der Waals surface area contributed by atoms with Gasteiger partial charge in [0.2, 0.25) is 0 Å². The molecule has 2 rings (SSSR count). The van der Waals surface area contributed by atoms with Gasteiger partial charge in [-0.25, -0.2) is 9.78 Å². The molecular formula is C20H23NO3. The number of methoxy groups -OCH3 is 1. The highest BCUT2D eigenvalue weighted by Gasteiger charge is 2.18. The van der Waals surface area contributed by atoms with Crippen molar-refractivity contribution in [1.82, 2.24) is 4.98 Å². The third kappa shape index (κ3) is 3.48. The molecule has 1 aromatic carbocycles. The van der Waals surface area contributed by atoms with Crippen LogP contribution in [0.5, 0.6) is 0 Å². The standard InChI is InChI=1S/C20H23NO3/c1-5-14-8-7-9-15(6-2)19(14)17-12-13(3)18(20(22)23)16(21-17)10-11-24-4/h7-12H,5-6H2,1-4H3,(H,22,23). The van der Waals surface area contributed by atoms with Crippen LogP contribution < -0.4 is 0 Å². The maximum absolute atomic E-state index is 11.6. The van der Waals surface area contributed by atoms with Crippen LogP contribution in [0, 0.1) is 6.92 Å². The second-order valence-corrected chi connectivity index (χ2v) is 5.59. The summed E-state index contributed by atoms with van der Waals surface area (Å²) in [6.45, 7) is 6.03. The Bertz CT molecular complexity index is 756. The van der Waals surface area contributed by atoms with Gasteiger partial charge < -0.3 is 9.84 Å². The van der Waals surface area contributed by atoms with Crippen molar-refractivity contribution in [2.24, 2.45) is 0 Å². The smallest absolute Gasteiger partial charge is 0.338 e. The van der Waals surface area contributed by atoms with Crippen LogP contribution in [0.15, 0.2) is 30.5 Å². The molecule has 1 aromatic heterocycles. The molecule has 2 aromatic rings. The van der Waals surface area contributed by atoms with Crippen LogP contribution in [0.25, 0.3) is 17.3 Å². The van der Waals surface area contributed by atoms with Crippen LogP contribution in [0.3, 0.4) is 0 Å². The van der Waals surface area contributed by atoms with Gasteiger partial charge in [-0.1, -0.05) is 32.0 Å². The number of ether oxygens (including phenoxy) is 1. The fraction of sp³-hybridized carbons (Fsp3) is 0.300. The van der Waals surface area contributed by atoms with Gasteiger partial charge in [0.05, 0.1) is 30.3 Å². The zero-order valence-electron chi connectivity index (χ0n) is 14.6. The SMILES string of the molecule is CCc1cccc(CC)c1-c1cc(C)c(C(=O)O)c(C=COC)n1.